The van der Waals surface area contributed by atoms with Gasteiger partial charge in [0, 0.05) is 36.1 Å². The van der Waals surface area contributed by atoms with Crippen molar-refractivity contribution in [3.8, 4) is 11.1 Å². The molecule has 2 aromatic heterocycles. The highest BCUT2D eigenvalue weighted by atomic mass is 16.5. The van der Waals surface area contributed by atoms with Gasteiger partial charge in [-0.15, -0.1) is 0 Å². The van der Waals surface area contributed by atoms with Gasteiger partial charge in [-0.05, 0) is 43.0 Å². The van der Waals surface area contributed by atoms with Crippen LogP contribution >= 0.6 is 0 Å². The monoisotopic (exact) mass is 492 g/mol. The van der Waals surface area contributed by atoms with E-state index in [1.54, 1.807) is 41.3 Å². The average Bonchev–Trinajstić information content (AvgIpc) is 3.50. The minimum Gasteiger partial charge on any atom is -0.480 e. The van der Waals surface area contributed by atoms with Crippen molar-refractivity contribution in [3.05, 3.63) is 65.6 Å². The summed E-state index contributed by atoms with van der Waals surface area (Å²) in [6.45, 7) is -0.203. The summed E-state index contributed by atoms with van der Waals surface area (Å²) in [7, 11) is 1.81. The summed E-state index contributed by atoms with van der Waals surface area (Å²) in [6, 6.07) is 8.33. The molecule has 0 aliphatic heterocycles. The highest BCUT2D eigenvalue weighted by molar-refractivity contribution is 5.99. The molecule has 1 aliphatic rings. The predicted octanol–water partition coefficient (Wildman–Crippen LogP) is 1.75. The van der Waals surface area contributed by atoms with Crippen molar-refractivity contribution in [1.82, 2.24) is 25.4 Å². The molecular weight excluding hydrogens is 464 g/mol. The van der Waals surface area contributed by atoms with E-state index >= 15 is 0 Å². The number of aliphatic carboxylic acids is 1. The highest BCUT2D eigenvalue weighted by Crippen LogP contribution is 2.26. The Kier molecular flexibility index (Phi) is 7.59. The predicted molar refractivity (Wildman–Crippen MR) is 131 cm³/mol. The van der Waals surface area contributed by atoms with Crippen molar-refractivity contribution >= 4 is 23.6 Å². The van der Waals surface area contributed by atoms with Gasteiger partial charge < -0.3 is 26.2 Å². The first-order valence-corrected chi connectivity index (χ1v) is 11.6. The third-order valence-electron chi connectivity index (χ3n) is 6.02. The summed E-state index contributed by atoms with van der Waals surface area (Å²) in [5.41, 5.74) is 9.00. The number of nitrogens with one attached hydrogen (secondary N) is 2. The van der Waals surface area contributed by atoms with E-state index in [0.717, 1.165) is 36.0 Å². The third-order valence-corrected chi connectivity index (χ3v) is 6.02. The van der Waals surface area contributed by atoms with E-state index in [-0.39, 0.29) is 30.5 Å². The van der Waals surface area contributed by atoms with E-state index in [2.05, 4.69) is 20.7 Å². The molecule has 0 saturated heterocycles. The van der Waals surface area contributed by atoms with Gasteiger partial charge in [0.05, 0.1) is 30.5 Å². The molecule has 1 fully saturated rings. The molecule has 4 rings (SSSR count). The van der Waals surface area contributed by atoms with Gasteiger partial charge >= 0.3 is 5.97 Å². The van der Waals surface area contributed by atoms with Crippen LogP contribution in [0.3, 0.4) is 0 Å². The molecule has 2 amide bonds. The van der Waals surface area contributed by atoms with Crippen LogP contribution in [-0.2, 0) is 23.2 Å². The fraction of sp³-hybridized carbons (Fsp3) is 0.320. The van der Waals surface area contributed by atoms with Gasteiger partial charge in [0.2, 0.25) is 0 Å². The zero-order valence-corrected chi connectivity index (χ0v) is 19.8. The molecule has 1 aromatic carbocycles. The van der Waals surface area contributed by atoms with Gasteiger partial charge in [-0.1, -0.05) is 12.1 Å². The Morgan fingerprint density at radius 2 is 2.00 bits per heavy atom. The molecule has 2 atom stereocenters. The lowest BCUT2D eigenvalue weighted by molar-refractivity contribution is -0.135. The number of rotatable bonds is 9. The van der Waals surface area contributed by atoms with Crippen LogP contribution in [0.4, 0.5) is 5.82 Å². The molecule has 11 nitrogen and oxygen atoms in total. The second-order valence-electron chi connectivity index (χ2n) is 8.70. The van der Waals surface area contributed by atoms with Gasteiger partial charge in [-0.3, -0.25) is 19.1 Å². The maximum atomic E-state index is 13.1. The molecule has 0 unspecified atom stereocenters. The van der Waals surface area contributed by atoms with Crippen molar-refractivity contribution < 1.29 is 24.2 Å². The first kappa shape index (κ1) is 24.9. The topological polar surface area (TPSA) is 161 Å². The van der Waals surface area contributed by atoms with Gasteiger partial charge in [0.25, 0.3) is 11.8 Å². The second-order valence-corrected chi connectivity index (χ2v) is 8.70. The molecule has 1 aliphatic carbocycles. The lowest BCUT2D eigenvalue weighted by atomic mass is 10.1. The number of aryl methyl sites for hydroxylation is 1. The summed E-state index contributed by atoms with van der Waals surface area (Å²) >= 11 is 0. The quantitative estimate of drug-likeness (QED) is 0.351. The van der Waals surface area contributed by atoms with E-state index in [4.69, 9.17) is 15.6 Å². The lowest BCUT2D eigenvalue weighted by Crippen LogP contribution is -2.41. The average molecular weight is 493 g/mol. The normalized spacial score (nSPS) is 17.0. The Bertz CT molecular complexity index is 1270. The van der Waals surface area contributed by atoms with Gasteiger partial charge in [0.1, 0.15) is 12.4 Å². The van der Waals surface area contributed by atoms with Crippen molar-refractivity contribution in [2.24, 2.45) is 7.05 Å². The van der Waals surface area contributed by atoms with Gasteiger partial charge in [-0.2, -0.15) is 5.10 Å². The molecule has 188 valence electrons. The van der Waals surface area contributed by atoms with Crippen molar-refractivity contribution in [2.45, 2.75) is 38.0 Å². The fourth-order valence-corrected chi connectivity index (χ4v) is 4.19. The Morgan fingerprint density at radius 1 is 1.17 bits per heavy atom. The number of nitrogens with zero attached hydrogens (tertiary/aromatic N) is 3. The van der Waals surface area contributed by atoms with Crippen LogP contribution in [0.5, 0.6) is 0 Å². The Morgan fingerprint density at radius 3 is 2.75 bits per heavy atom. The van der Waals surface area contributed by atoms with E-state index < -0.39 is 18.4 Å². The number of hydrogen-bond acceptors (Lipinski definition) is 7. The van der Waals surface area contributed by atoms with E-state index in [1.807, 2.05) is 19.3 Å². The van der Waals surface area contributed by atoms with Crippen molar-refractivity contribution in [2.75, 3.05) is 12.3 Å². The summed E-state index contributed by atoms with van der Waals surface area (Å²) in [6.07, 6.45) is 7.39. The molecular formula is C25H28N6O5. The molecule has 11 heteroatoms. The van der Waals surface area contributed by atoms with Crippen LogP contribution in [0.1, 0.15) is 45.5 Å². The zero-order chi connectivity index (χ0) is 25.7. The molecule has 1 saturated carbocycles. The maximum Gasteiger partial charge on any atom is 0.322 e. The summed E-state index contributed by atoms with van der Waals surface area (Å²) in [5.74, 6) is -1.75. The largest absolute Gasteiger partial charge is 0.480 e. The number of ether oxygens (including phenoxy) is 1. The fourth-order valence-electron chi connectivity index (χ4n) is 4.19. The number of hydrogen-bond donors (Lipinski definition) is 4. The van der Waals surface area contributed by atoms with Crippen LogP contribution in [0, 0.1) is 0 Å². The molecule has 2 heterocycles. The lowest BCUT2D eigenvalue weighted by Gasteiger charge is -2.22. The number of anilines is 1. The van der Waals surface area contributed by atoms with Crippen molar-refractivity contribution in [1.29, 1.82) is 0 Å². The minimum absolute atomic E-state index is 0.147. The number of carbonyl (C=O) groups excluding carboxylic acids is 2. The van der Waals surface area contributed by atoms with Crippen LogP contribution in [0.15, 0.2) is 48.9 Å². The summed E-state index contributed by atoms with van der Waals surface area (Å²) < 4.78 is 7.77. The molecule has 0 bridgehead atoms. The standard InChI is InChI=1S/C25H28N6O5/c1-31-13-18(11-29-31)17-9-19(23(26)27-10-17)25(35)30-20-6-3-7-21(20)36-14-15-4-2-5-16(8-15)24(34)28-12-22(32)33/h2,4-5,8-11,13,20-21H,3,6-7,12,14H2,1H3,(H2,26,27)(H,28,34)(H,30,35)(H,32,33)/t20-,21-/m0/s1. The number of benzene rings is 1. The maximum absolute atomic E-state index is 13.1. The molecule has 3 aromatic rings. The number of nitrogen functional groups attached to an aromatic ring is 1. The Balaban J connectivity index is 1.38. The second kappa shape index (κ2) is 11.0. The summed E-state index contributed by atoms with van der Waals surface area (Å²) in [4.78, 5) is 40.1. The van der Waals surface area contributed by atoms with Gasteiger partial charge in [0.15, 0.2) is 0 Å². The molecule has 0 radical (unpaired) electrons. The van der Waals surface area contributed by atoms with E-state index in [9.17, 15) is 14.4 Å². The number of pyridine rings is 1. The number of amides is 2. The smallest absolute Gasteiger partial charge is 0.322 e. The van der Waals surface area contributed by atoms with Crippen molar-refractivity contribution in [3.63, 3.8) is 0 Å². The summed E-state index contributed by atoms with van der Waals surface area (Å²) in [5, 5.41) is 18.3. The Labute approximate surface area is 207 Å². The first-order valence-electron chi connectivity index (χ1n) is 11.6. The van der Waals surface area contributed by atoms with E-state index in [0.29, 0.717) is 11.1 Å². The van der Waals surface area contributed by atoms with Gasteiger partial charge in [-0.25, -0.2) is 4.98 Å². The molecule has 36 heavy (non-hydrogen) atoms. The zero-order valence-electron chi connectivity index (χ0n) is 19.8. The van der Waals surface area contributed by atoms with E-state index in [1.165, 1.54) is 0 Å². The number of carbonyl (C=O) groups is 3. The van der Waals surface area contributed by atoms with Crippen LogP contribution < -0.4 is 16.4 Å². The van der Waals surface area contributed by atoms with Crippen LogP contribution in [0.2, 0.25) is 0 Å². The minimum atomic E-state index is -1.11. The number of aromatic nitrogens is 3. The number of nitrogens with two attached hydrogens (primary N) is 1. The Hall–Kier alpha value is -4.25. The van der Waals surface area contributed by atoms with Crippen LogP contribution in [-0.4, -0.2) is 56.3 Å². The molecule has 0 spiro atoms. The third kappa shape index (κ3) is 6.05. The number of carboxylic acid groups (broad SMARTS) is 1. The molecule has 5 N–H and O–H groups in total. The van der Waals surface area contributed by atoms with Crippen LogP contribution in [0.25, 0.3) is 11.1 Å². The highest BCUT2D eigenvalue weighted by Gasteiger charge is 2.30. The SMILES string of the molecule is Cn1cc(-c2cnc(N)c(C(=O)N[C@H]3CCC[C@@H]3OCc3cccc(C(=O)NCC(=O)O)c3)c2)cn1. The first-order chi connectivity index (χ1) is 17.3. The number of carboxylic acids is 1.